The first-order chi connectivity index (χ1) is 10.3. The van der Waals surface area contributed by atoms with Crippen LogP contribution in [0.3, 0.4) is 0 Å². The highest BCUT2D eigenvalue weighted by molar-refractivity contribution is 7.99. The van der Waals surface area contributed by atoms with E-state index < -0.39 is 0 Å². The largest absolute Gasteiger partial charge is 0.272 e. The van der Waals surface area contributed by atoms with Crippen molar-refractivity contribution in [3.05, 3.63) is 66.4 Å². The molecule has 106 valence electrons. The van der Waals surface area contributed by atoms with Gasteiger partial charge >= 0.3 is 0 Å². The minimum absolute atomic E-state index is 0.157. The molecule has 0 aliphatic heterocycles. The molecule has 2 rings (SSSR count). The fourth-order valence-electron chi connectivity index (χ4n) is 1.47. The van der Waals surface area contributed by atoms with E-state index in [9.17, 15) is 4.79 Å². The van der Waals surface area contributed by atoms with Crippen molar-refractivity contribution >= 4 is 30.0 Å². The summed E-state index contributed by atoms with van der Waals surface area (Å²) in [5, 5.41) is 4.67. The zero-order chi connectivity index (χ0) is 14.8. The number of hydrogen-bond donors (Lipinski definition) is 1. The van der Waals surface area contributed by atoms with Crippen LogP contribution in [-0.2, 0) is 4.79 Å². The molecule has 2 aromatic rings. The van der Waals surface area contributed by atoms with Crippen molar-refractivity contribution in [1.82, 2.24) is 10.4 Å². The van der Waals surface area contributed by atoms with E-state index in [0.717, 1.165) is 10.6 Å². The quantitative estimate of drug-likeness (QED) is 0.506. The van der Waals surface area contributed by atoms with E-state index in [1.54, 1.807) is 18.5 Å². The number of benzene rings is 1. The Hall–Kier alpha value is -2.40. The molecule has 1 aromatic heterocycles. The lowest BCUT2D eigenvalue weighted by Crippen LogP contribution is -2.19. The van der Waals surface area contributed by atoms with Crippen molar-refractivity contribution in [3.63, 3.8) is 0 Å². The predicted molar refractivity (Wildman–Crippen MR) is 87.1 cm³/mol. The van der Waals surface area contributed by atoms with Crippen molar-refractivity contribution < 1.29 is 4.79 Å². The SMILES string of the molecule is O=C(CSc1ccccn1)NN=C/C=C/c1ccccc1. The number of carbonyl (C=O) groups is 1. The zero-order valence-electron chi connectivity index (χ0n) is 11.3. The molecule has 1 N–H and O–H groups in total. The Bertz CT molecular complexity index is 612. The van der Waals surface area contributed by atoms with Gasteiger partial charge < -0.3 is 0 Å². The molecular formula is C16H15N3OS. The Morgan fingerprint density at radius 3 is 2.76 bits per heavy atom. The Labute approximate surface area is 128 Å². The molecule has 0 fully saturated rings. The molecule has 0 atom stereocenters. The van der Waals surface area contributed by atoms with Crippen LogP contribution < -0.4 is 5.43 Å². The normalized spacial score (nSPS) is 11.0. The van der Waals surface area contributed by atoms with Crippen molar-refractivity contribution in [2.75, 3.05) is 5.75 Å². The van der Waals surface area contributed by atoms with Crippen LogP contribution in [0, 0.1) is 0 Å². The molecule has 1 aromatic carbocycles. The minimum Gasteiger partial charge on any atom is -0.272 e. The van der Waals surface area contributed by atoms with Crippen molar-refractivity contribution in [2.45, 2.75) is 5.03 Å². The average molecular weight is 297 g/mol. The summed E-state index contributed by atoms with van der Waals surface area (Å²) >= 11 is 1.37. The van der Waals surface area contributed by atoms with Gasteiger partial charge in [-0.3, -0.25) is 4.79 Å². The van der Waals surface area contributed by atoms with Gasteiger partial charge in [0.05, 0.1) is 10.8 Å². The summed E-state index contributed by atoms with van der Waals surface area (Å²) in [6, 6.07) is 15.5. The summed E-state index contributed by atoms with van der Waals surface area (Å²) in [6.45, 7) is 0. The number of rotatable bonds is 6. The number of hydrogen-bond acceptors (Lipinski definition) is 4. The molecule has 1 amide bonds. The lowest BCUT2D eigenvalue weighted by atomic mass is 10.2. The fraction of sp³-hybridized carbons (Fsp3) is 0.0625. The van der Waals surface area contributed by atoms with E-state index in [4.69, 9.17) is 0 Å². The second kappa shape index (κ2) is 8.71. The molecule has 0 aliphatic rings. The Kier molecular flexibility index (Phi) is 6.22. The van der Waals surface area contributed by atoms with E-state index in [-0.39, 0.29) is 11.7 Å². The maximum atomic E-state index is 11.6. The summed E-state index contributed by atoms with van der Waals surface area (Å²) in [5.74, 6) is 0.131. The van der Waals surface area contributed by atoms with Gasteiger partial charge in [0.25, 0.3) is 0 Å². The van der Waals surface area contributed by atoms with Crippen LogP contribution >= 0.6 is 11.8 Å². The molecule has 0 radical (unpaired) electrons. The molecule has 0 saturated carbocycles. The first-order valence-electron chi connectivity index (χ1n) is 6.42. The van der Waals surface area contributed by atoms with Crippen LogP contribution in [0.1, 0.15) is 5.56 Å². The summed E-state index contributed by atoms with van der Waals surface area (Å²) < 4.78 is 0. The highest BCUT2D eigenvalue weighted by Gasteiger charge is 2.01. The highest BCUT2D eigenvalue weighted by atomic mass is 32.2. The smallest absolute Gasteiger partial charge is 0.250 e. The Morgan fingerprint density at radius 2 is 2.00 bits per heavy atom. The van der Waals surface area contributed by atoms with E-state index >= 15 is 0 Å². The second-order valence-corrected chi connectivity index (χ2v) is 5.04. The van der Waals surface area contributed by atoms with Crippen molar-refractivity contribution in [2.24, 2.45) is 5.10 Å². The van der Waals surface area contributed by atoms with Crippen LogP contribution in [0.2, 0.25) is 0 Å². The van der Waals surface area contributed by atoms with Crippen LogP contribution in [0.15, 0.2) is 70.9 Å². The predicted octanol–water partition coefficient (Wildman–Crippen LogP) is 2.99. The number of nitrogens with one attached hydrogen (secondary N) is 1. The molecule has 4 nitrogen and oxygen atoms in total. The van der Waals surface area contributed by atoms with Gasteiger partial charge in [0.1, 0.15) is 0 Å². The lowest BCUT2D eigenvalue weighted by Gasteiger charge is -1.98. The molecule has 0 saturated heterocycles. The van der Waals surface area contributed by atoms with Gasteiger partial charge in [0, 0.05) is 12.4 Å². The summed E-state index contributed by atoms with van der Waals surface area (Å²) in [5.41, 5.74) is 3.55. The van der Waals surface area contributed by atoms with Crippen LogP contribution in [-0.4, -0.2) is 22.9 Å². The molecule has 5 heteroatoms. The number of hydrazone groups is 1. The van der Waals surface area contributed by atoms with E-state index in [0.29, 0.717) is 0 Å². The highest BCUT2D eigenvalue weighted by Crippen LogP contribution is 2.12. The summed E-state index contributed by atoms with van der Waals surface area (Å²) in [7, 11) is 0. The maximum Gasteiger partial charge on any atom is 0.250 e. The van der Waals surface area contributed by atoms with Gasteiger partial charge in [0.2, 0.25) is 5.91 Å². The molecular weight excluding hydrogens is 282 g/mol. The van der Waals surface area contributed by atoms with Crippen molar-refractivity contribution in [3.8, 4) is 0 Å². The van der Waals surface area contributed by atoms with E-state index in [1.165, 1.54) is 11.8 Å². The first-order valence-corrected chi connectivity index (χ1v) is 7.40. The minimum atomic E-state index is -0.157. The molecule has 0 bridgehead atoms. The number of nitrogens with zero attached hydrogens (tertiary/aromatic N) is 2. The fourth-order valence-corrected chi connectivity index (χ4v) is 2.13. The van der Waals surface area contributed by atoms with Crippen LogP contribution in [0.4, 0.5) is 0 Å². The third kappa shape index (κ3) is 6.05. The standard InChI is InChI=1S/C16H15N3OS/c20-15(13-21-16-10-4-5-11-17-16)19-18-12-6-9-14-7-2-1-3-8-14/h1-12H,13H2,(H,19,20)/b9-6+,18-12?. The number of amides is 1. The van der Waals surface area contributed by atoms with Crippen LogP contribution in [0.5, 0.6) is 0 Å². The van der Waals surface area contributed by atoms with Gasteiger partial charge in [-0.15, -0.1) is 0 Å². The third-order valence-corrected chi connectivity index (χ3v) is 3.37. The van der Waals surface area contributed by atoms with E-state index in [1.807, 2.05) is 54.6 Å². The molecule has 0 aliphatic carbocycles. The second-order valence-electron chi connectivity index (χ2n) is 4.04. The molecule has 21 heavy (non-hydrogen) atoms. The molecule has 0 spiro atoms. The van der Waals surface area contributed by atoms with Gasteiger partial charge in [-0.05, 0) is 23.8 Å². The zero-order valence-corrected chi connectivity index (χ0v) is 12.2. The average Bonchev–Trinajstić information content (AvgIpc) is 2.54. The van der Waals surface area contributed by atoms with Crippen LogP contribution in [0.25, 0.3) is 6.08 Å². The first kappa shape index (κ1) is 15.0. The third-order valence-electron chi connectivity index (χ3n) is 2.43. The maximum absolute atomic E-state index is 11.6. The summed E-state index contributed by atoms with van der Waals surface area (Å²) in [6.07, 6.45) is 6.95. The molecule has 0 unspecified atom stereocenters. The number of allylic oxidation sites excluding steroid dienone is 1. The van der Waals surface area contributed by atoms with Gasteiger partial charge in [-0.2, -0.15) is 5.10 Å². The van der Waals surface area contributed by atoms with Gasteiger partial charge in [-0.25, -0.2) is 10.4 Å². The topological polar surface area (TPSA) is 54.4 Å². The Balaban J connectivity index is 1.69. The molecule has 1 heterocycles. The monoisotopic (exact) mass is 297 g/mol. The summed E-state index contributed by atoms with van der Waals surface area (Å²) in [4.78, 5) is 15.7. The number of carbonyl (C=O) groups excluding carboxylic acids is 1. The van der Waals surface area contributed by atoms with Crippen molar-refractivity contribution in [1.29, 1.82) is 0 Å². The van der Waals surface area contributed by atoms with Gasteiger partial charge in [0.15, 0.2) is 0 Å². The van der Waals surface area contributed by atoms with Gasteiger partial charge in [-0.1, -0.05) is 54.2 Å². The number of thioether (sulfide) groups is 1. The Morgan fingerprint density at radius 1 is 1.19 bits per heavy atom. The number of aromatic nitrogens is 1. The lowest BCUT2D eigenvalue weighted by molar-refractivity contribution is -0.118. The van der Waals surface area contributed by atoms with E-state index in [2.05, 4.69) is 15.5 Å². The number of pyridine rings is 1.